The molecule has 9 heteroatoms. The maximum Gasteiger partial charge on any atom is 0.256 e. The first-order valence-corrected chi connectivity index (χ1v) is 14.6. The van der Waals surface area contributed by atoms with Crippen molar-refractivity contribution in [2.45, 2.75) is 51.0 Å². The molecule has 1 aliphatic heterocycles. The standard InChI is InChI=1S/C30H41N3O5S/c1-7-12-22(5)13-15-26(23(6)8-2)30(35)32-28(9-3)27-19-25(14-16-29(27)38-10-4)39(36,37)33-20-24(21-33)31-17-11-18-34/h8,13-16,19,24,31,34H,2-3,5,7,10-12,17-18,20-21H2,1,4,6H3,(H,32,35)/b15-13-,26-23+. The highest BCUT2D eigenvalue weighted by Crippen LogP contribution is 2.30. The van der Waals surface area contributed by atoms with E-state index in [0.29, 0.717) is 55.1 Å². The molecule has 0 saturated carbocycles. The third-order valence-corrected chi connectivity index (χ3v) is 8.05. The van der Waals surface area contributed by atoms with E-state index in [1.54, 1.807) is 31.2 Å². The lowest BCUT2D eigenvalue weighted by Gasteiger charge is -2.38. The average molecular weight is 556 g/mol. The van der Waals surface area contributed by atoms with Crippen molar-refractivity contribution in [3.8, 4) is 5.75 Å². The molecule has 0 radical (unpaired) electrons. The zero-order chi connectivity index (χ0) is 29.0. The number of sulfonamides is 1. The molecule has 3 N–H and O–H groups in total. The van der Waals surface area contributed by atoms with Crippen LogP contribution in [0.15, 0.2) is 83.5 Å². The summed E-state index contributed by atoms with van der Waals surface area (Å²) in [7, 11) is -3.78. The molecular weight excluding hydrogens is 514 g/mol. The van der Waals surface area contributed by atoms with E-state index in [9.17, 15) is 13.2 Å². The van der Waals surface area contributed by atoms with Crippen LogP contribution in [0.3, 0.4) is 0 Å². The minimum absolute atomic E-state index is 0.0381. The Bertz CT molecular complexity index is 1270. The fraction of sp³-hybridized carbons (Fsp3) is 0.400. The first-order valence-electron chi connectivity index (χ1n) is 13.1. The van der Waals surface area contributed by atoms with E-state index >= 15 is 0 Å². The summed E-state index contributed by atoms with van der Waals surface area (Å²) < 4.78 is 33.8. The predicted octanol–water partition coefficient (Wildman–Crippen LogP) is 4.09. The molecule has 1 aromatic rings. The molecule has 1 aromatic carbocycles. The average Bonchev–Trinajstić information content (AvgIpc) is 2.88. The van der Waals surface area contributed by atoms with E-state index in [1.165, 1.54) is 16.4 Å². The fourth-order valence-corrected chi connectivity index (χ4v) is 5.49. The SMILES string of the molecule is C=C=C(NC(=O)C(/C=C\C(=C)CCC)=C(\C)C=C)c1cc(S(=O)(=O)N2CC(NCCCO)C2)ccc1OCC. The maximum absolute atomic E-state index is 13.3. The highest BCUT2D eigenvalue weighted by atomic mass is 32.2. The van der Waals surface area contributed by atoms with Crippen LogP contribution in [-0.2, 0) is 14.8 Å². The molecule has 2 rings (SSSR count). The van der Waals surface area contributed by atoms with Crippen LogP contribution in [0.5, 0.6) is 5.75 Å². The van der Waals surface area contributed by atoms with Crippen LogP contribution < -0.4 is 15.4 Å². The van der Waals surface area contributed by atoms with Gasteiger partial charge < -0.3 is 20.5 Å². The van der Waals surface area contributed by atoms with Gasteiger partial charge >= 0.3 is 0 Å². The van der Waals surface area contributed by atoms with Crippen LogP contribution in [0.1, 0.15) is 45.6 Å². The molecule has 1 fully saturated rings. The van der Waals surface area contributed by atoms with Crippen LogP contribution in [0.2, 0.25) is 0 Å². The quantitative estimate of drug-likeness (QED) is 0.123. The molecule has 0 aromatic heterocycles. The monoisotopic (exact) mass is 555 g/mol. The first kappa shape index (κ1) is 32.0. The molecule has 0 atom stereocenters. The van der Waals surface area contributed by atoms with E-state index in [4.69, 9.17) is 9.84 Å². The molecule has 0 spiro atoms. The van der Waals surface area contributed by atoms with E-state index in [-0.39, 0.29) is 23.2 Å². The van der Waals surface area contributed by atoms with Crippen LogP contribution in [0.4, 0.5) is 0 Å². The van der Waals surface area contributed by atoms with Crippen molar-refractivity contribution in [2.24, 2.45) is 0 Å². The highest BCUT2D eigenvalue weighted by Gasteiger charge is 2.36. The Hall–Kier alpha value is -3.20. The molecule has 39 heavy (non-hydrogen) atoms. The molecule has 1 heterocycles. The number of amides is 1. The molecule has 0 bridgehead atoms. The van der Waals surface area contributed by atoms with E-state index in [1.807, 2.05) is 6.92 Å². The number of carbonyl (C=O) groups is 1. The second-order valence-electron chi connectivity index (χ2n) is 9.19. The lowest BCUT2D eigenvalue weighted by atomic mass is 10.0. The van der Waals surface area contributed by atoms with Gasteiger partial charge in [0.1, 0.15) is 5.75 Å². The molecule has 212 valence electrons. The van der Waals surface area contributed by atoms with Gasteiger partial charge in [-0.05, 0) is 63.1 Å². The number of allylic oxidation sites excluding steroid dienone is 4. The van der Waals surface area contributed by atoms with Gasteiger partial charge in [-0.2, -0.15) is 4.31 Å². The molecule has 1 saturated heterocycles. The number of nitrogens with zero attached hydrogens (tertiary/aromatic N) is 1. The maximum atomic E-state index is 13.3. The predicted molar refractivity (Wildman–Crippen MR) is 157 cm³/mol. The third-order valence-electron chi connectivity index (χ3n) is 6.22. The van der Waals surface area contributed by atoms with E-state index in [2.05, 4.69) is 43.0 Å². The van der Waals surface area contributed by atoms with Gasteiger partial charge in [0.15, 0.2) is 0 Å². The van der Waals surface area contributed by atoms with Gasteiger partial charge in [0.2, 0.25) is 10.0 Å². The Kier molecular flexibility index (Phi) is 12.6. The number of ether oxygens (including phenoxy) is 1. The summed E-state index contributed by atoms with van der Waals surface area (Å²) in [6, 6.07) is 4.58. The number of benzene rings is 1. The van der Waals surface area contributed by atoms with E-state index < -0.39 is 15.9 Å². The molecule has 1 amide bonds. The Labute approximate surface area is 233 Å². The second kappa shape index (κ2) is 15.4. The van der Waals surface area contributed by atoms with Crippen molar-refractivity contribution >= 4 is 21.6 Å². The summed E-state index contributed by atoms with van der Waals surface area (Å²) in [5, 5.41) is 15.0. The number of rotatable bonds is 16. The summed E-state index contributed by atoms with van der Waals surface area (Å²) in [6.07, 6.45) is 7.46. The summed E-state index contributed by atoms with van der Waals surface area (Å²) in [4.78, 5) is 13.4. The van der Waals surface area contributed by atoms with E-state index in [0.717, 1.165) is 18.4 Å². The zero-order valence-electron chi connectivity index (χ0n) is 23.3. The van der Waals surface area contributed by atoms with Gasteiger partial charge in [0.25, 0.3) is 5.91 Å². The third kappa shape index (κ3) is 8.65. The highest BCUT2D eigenvalue weighted by molar-refractivity contribution is 7.89. The van der Waals surface area contributed by atoms with Crippen molar-refractivity contribution in [2.75, 3.05) is 32.8 Å². The number of nitrogens with one attached hydrogen (secondary N) is 2. The number of hydrogen-bond donors (Lipinski definition) is 3. The largest absolute Gasteiger partial charge is 0.493 e. The number of hydrogen-bond acceptors (Lipinski definition) is 6. The van der Waals surface area contributed by atoms with Crippen molar-refractivity contribution in [1.29, 1.82) is 0 Å². The number of carbonyl (C=O) groups excluding carboxylic acids is 1. The minimum Gasteiger partial charge on any atom is -0.493 e. The molecule has 8 nitrogen and oxygen atoms in total. The Morgan fingerprint density at radius 3 is 2.59 bits per heavy atom. The lowest BCUT2D eigenvalue weighted by molar-refractivity contribution is -0.116. The Morgan fingerprint density at radius 2 is 2.00 bits per heavy atom. The van der Waals surface area contributed by atoms with Gasteiger partial charge in [-0.3, -0.25) is 4.79 Å². The van der Waals surface area contributed by atoms with Crippen LogP contribution in [0, 0.1) is 0 Å². The second-order valence-corrected chi connectivity index (χ2v) is 11.1. The molecule has 0 unspecified atom stereocenters. The number of aliphatic hydroxyl groups is 1. The fourth-order valence-electron chi connectivity index (χ4n) is 3.93. The molecular formula is C30H41N3O5S. The summed E-state index contributed by atoms with van der Waals surface area (Å²) >= 11 is 0. The van der Waals surface area contributed by atoms with Gasteiger partial charge in [-0.15, -0.1) is 5.73 Å². The molecule has 1 aliphatic rings. The van der Waals surface area contributed by atoms with Crippen molar-refractivity contribution in [1.82, 2.24) is 14.9 Å². The molecule has 0 aliphatic carbocycles. The lowest BCUT2D eigenvalue weighted by Crippen LogP contribution is -2.59. The van der Waals surface area contributed by atoms with Crippen molar-refractivity contribution < 1.29 is 23.1 Å². The van der Waals surface area contributed by atoms with Crippen molar-refractivity contribution in [3.63, 3.8) is 0 Å². The normalized spacial score (nSPS) is 14.8. The smallest absolute Gasteiger partial charge is 0.256 e. The number of aliphatic hydroxyl groups excluding tert-OH is 1. The summed E-state index contributed by atoms with van der Waals surface area (Å²) in [5.41, 5.74) is 5.24. The van der Waals surface area contributed by atoms with Crippen LogP contribution >= 0.6 is 0 Å². The van der Waals surface area contributed by atoms with Crippen LogP contribution in [-0.4, -0.2) is 62.6 Å². The van der Waals surface area contributed by atoms with Gasteiger partial charge in [0.05, 0.1) is 17.2 Å². The van der Waals surface area contributed by atoms with Crippen molar-refractivity contribution in [3.05, 3.63) is 84.2 Å². The van der Waals surface area contributed by atoms with Gasteiger partial charge in [-0.1, -0.05) is 50.8 Å². The van der Waals surface area contributed by atoms with Gasteiger partial charge in [-0.25, -0.2) is 8.42 Å². The summed E-state index contributed by atoms with van der Waals surface area (Å²) in [5.74, 6) is -0.0257. The topological polar surface area (TPSA) is 108 Å². The minimum atomic E-state index is -3.78. The van der Waals surface area contributed by atoms with Crippen LogP contribution in [0.25, 0.3) is 5.70 Å². The summed E-state index contributed by atoms with van der Waals surface area (Å²) in [6.45, 7) is 18.9. The zero-order valence-corrected chi connectivity index (χ0v) is 24.1. The Morgan fingerprint density at radius 1 is 1.28 bits per heavy atom. The first-order chi connectivity index (χ1) is 18.6. The van der Waals surface area contributed by atoms with Gasteiger partial charge in [0, 0.05) is 36.9 Å². The Balaban J connectivity index is 2.35.